The van der Waals surface area contributed by atoms with Gasteiger partial charge in [-0.1, -0.05) is 42.2 Å². The molecule has 2 aromatic heterocycles. The third-order valence-electron chi connectivity index (χ3n) is 10.1. The van der Waals surface area contributed by atoms with Crippen LogP contribution in [0.3, 0.4) is 0 Å². The van der Waals surface area contributed by atoms with Crippen LogP contribution in [0, 0.1) is 30.0 Å². The average Bonchev–Trinajstić information content (AvgIpc) is 3.70. The van der Waals surface area contributed by atoms with Crippen LogP contribution in [0.5, 0.6) is 6.01 Å². The largest absolute Gasteiger partial charge is 0.461 e. The van der Waals surface area contributed by atoms with Crippen molar-refractivity contribution in [2.45, 2.75) is 62.8 Å². The number of nitrogens with zero attached hydrogens (tertiary/aromatic N) is 5. The van der Waals surface area contributed by atoms with E-state index in [1.165, 1.54) is 0 Å². The highest BCUT2D eigenvalue weighted by molar-refractivity contribution is 6.03. The van der Waals surface area contributed by atoms with Gasteiger partial charge in [0, 0.05) is 54.7 Å². The number of rotatable bonds is 5. The zero-order chi connectivity index (χ0) is 30.7. The van der Waals surface area contributed by atoms with Crippen LogP contribution in [0.15, 0.2) is 36.4 Å². The highest BCUT2D eigenvalue weighted by Gasteiger charge is 2.49. The molecule has 6 heterocycles. The Morgan fingerprint density at radius 1 is 1.07 bits per heavy atom. The second-order valence-electron chi connectivity index (χ2n) is 12.8. The maximum absolute atomic E-state index is 17.0. The molecule has 0 aliphatic carbocycles. The predicted molar refractivity (Wildman–Crippen MR) is 171 cm³/mol. The van der Waals surface area contributed by atoms with E-state index in [4.69, 9.17) is 26.1 Å². The molecule has 4 aliphatic rings. The van der Waals surface area contributed by atoms with E-state index in [0.717, 1.165) is 56.1 Å². The first-order valence-electron chi connectivity index (χ1n) is 15.8. The second-order valence-corrected chi connectivity index (χ2v) is 12.8. The molecule has 7 nitrogen and oxygen atoms in total. The van der Waals surface area contributed by atoms with Crippen molar-refractivity contribution in [3.8, 4) is 41.5 Å². The van der Waals surface area contributed by atoms with Gasteiger partial charge in [0.05, 0.1) is 10.9 Å². The van der Waals surface area contributed by atoms with Crippen molar-refractivity contribution in [2.24, 2.45) is 0 Å². The van der Waals surface area contributed by atoms with Gasteiger partial charge in [0.25, 0.3) is 0 Å². The first-order valence-corrected chi connectivity index (χ1v) is 15.8. The van der Waals surface area contributed by atoms with Crippen molar-refractivity contribution in [2.75, 3.05) is 37.7 Å². The normalized spacial score (nSPS) is 25.7. The molecular formula is C36H34F2N6O. The maximum Gasteiger partial charge on any atom is 0.319 e. The molecule has 4 saturated heterocycles. The van der Waals surface area contributed by atoms with Crippen LogP contribution in [0.1, 0.15) is 50.3 Å². The van der Waals surface area contributed by atoms with Crippen molar-refractivity contribution >= 4 is 27.5 Å². The number of benzene rings is 2. The lowest BCUT2D eigenvalue weighted by Crippen LogP contribution is -2.51. The summed E-state index contributed by atoms with van der Waals surface area (Å²) in [5.41, 5.74) is 1.47. The van der Waals surface area contributed by atoms with Crippen molar-refractivity contribution in [1.82, 2.24) is 25.2 Å². The number of nitrogens with one attached hydrogen (secondary N) is 1. The molecule has 228 valence electrons. The minimum absolute atomic E-state index is 0.0839. The van der Waals surface area contributed by atoms with Gasteiger partial charge in [-0.05, 0) is 56.5 Å². The quantitative estimate of drug-likeness (QED) is 0.313. The van der Waals surface area contributed by atoms with E-state index >= 15 is 4.39 Å². The Balaban J connectivity index is 1.32. The molecule has 4 fully saturated rings. The summed E-state index contributed by atoms with van der Waals surface area (Å²) < 4.78 is 37.9. The third-order valence-corrected chi connectivity index (χ3v) is 10.1. The molecule has 1 N–H and O–H groups in total. The van der Waals surface area contributed by atoms with Gasteiger partial charge in [-0.3, -0.25) is 4.90 Å². The Kier molecular flexibility index (Phi) is 6.85. The topological polar surface area (TPSA) is 66.4 Å². The van der Waals surface area contributed by atoms with Crippen LogP contribution in [-0.2, 0) is 0 Å². The molecule has 45 heavy (non-hydrogen) atoms. The number of hydrogen-bond acceptors (Lipinski definition) is 7. The Labute approximate surface area is 261 Å². The van der Waals surface area contributed by atoms with E-state index in [1.54, 1.807) is 6.92 Å². The Morgan fingerprint density at radius 3 is 2.64 bits per heavy atom. The molecule has 4 aromatic rings. The lowest BCUT2D eigenvalue weighted by atomic mass is 9.95. The fourth-order valence-corrected chi connectivity index (χ4v) is 8.09. The molecule has 4 atom stereocenters. The summed E-state index contributed by atoms with van der Waals surface area (Å²) in [6.07, 6.45) is 9.43. The fourth-order valence-electron chi connectivity index (χ4n) is 8.09. The van der Waals surface area contributed by atoms with E-state index in [0.29, 0.717) is 53.1 Å². The van der Waals surface area contributed by atoms with Crippen molar-refractivity contribution in [3.05, 3.63) is 53.5 Å². The van der Waals surface area contributed by atoms with E-state index in [-0.39, 0.29) is 29.4 Å². The first kappa shape index (κ1) is 28.2. The number of piperazine rings is 1. The van der Waals surface area contributed by atoms with Gasteiger partial charge in [-0.25, -0.2) is 13.8 Å². The summed E-state index contributed by atoms with van der Waals surface area (Å²) in [6.45, 7) is 4.71. The zero-order valence-corrected chi connectivity index (χ0v) is 25.2. The number of alkyl halides is 1. The maximum atomic E-state index is 17.0. The second kappa shape index (κ2) is 10.9. The molecule has 0 spiro atoms. The van der Waals surface area contributed by atoms with E-state index in [9.17, 15) is 4.39 Å². The van der Waals surface area contributed by atoms with E-state index in [1.807, 2.05) is 36.4 Å². The van der Waals surface area contributed by atoms with E-state index in [2.05, 4.69) is 32.9 Å². The van der Waals surface area contributed by atoms with Crippen LogP contribution in [0.2, 0.25) is 0 Å². The van der Waals surface area contributed by atoms with Crippen LogP contribution in [-0.4, -0.2) is 76.4 Å². The van der Waals surface area contributed by atoms with Crippen LogP contribution in [0.4, 0.5) is 14.6 Å². The van der Waals surface area contributed by atoms with Crippen molar-refractivity contribution in [1.29, 1.82) is 0 Å². The summed E-state index contributed by atoms with van der Waals surface area (Å²) in [6, 6.07) is 12.1. The monoisotopic (exact) mass is 604 g/mol. The number of aromatic nitrogens is 3. The molecule has 2 bridgehead atoms. The SMILES string of the molecule is C#Cc1cccc2cccc(-c3nc(C#CC)c4c(N5C[C@H]6CC[C@@H](C5)N6)nc(OC[C@@]56CCCN5C[C@H](F)C6)nc4c3F)c12. The van der Waals surface area contributed by atoms with Gasteiger partial charge < -0.3 is 15.0 Å². The number of pyridine rings is 1. The van der Waals surface area contributed by atoms with Gasteiger partial charge in [-0.2, -0.15) is 9.97 Å². The number of anilines is 1. The average molecular weight is 605 g/mol. The highest BCUT2D eigenvalue weighted by Crippen LogP contribution is 2.42. The summed E-state index contributed by atoms with van der Waals surface area (Å²) >= 11 is 0. The van der Waals surface area contributed by atoms with Crippen molar-refractivity contribution < 1.29 is 13.5 Å². The molecule has 0 saturated carbocycles. The standard InChI is InChI=1S/C36H34F2N6O/c1-3-8-28-30-33(31(38)32(40-28)27-12-6-11-23-10-5-9-22(4-2)29(23)27)41-35(42-34(30)43-19-25-13-14-26(20-43)39-25)45-21-36-15-7-16-44(36)18-24(37)17-36/h2,5-6,9-12,24-26,39H,7,13-21H2,1H3/t24-,25-,26+,36+/m1/s1. The highest BCUT2D eigenvalue weighted by atomic mass is 19.1. The number of hydrogen-bond donors (Lipinski definition) is 1. The van der Waals surface area contributed by atoms with Crippen LogP contribution in [0.25, 0.3) is 32.9 Å². The van der Waals surface area contributed by atoms with E-state index < -0.39 is 12.0 Å². The summed E-state index contributed by atoms with van der Waals surface area (Å²) in [7, 11) is 0. The van der Waals surface area contributed by atoms with Gasteiger partial charge in [-0.15, -0.1) is 6.42 Å². The third kappa shape index (κ3) is 4.69. The molecule has 9 heteroatoms. The minimum Gasteiger partial charge on any atom is -0.461 e. The molecule has 8 rings (SSSR count). The number of terminal acetylenes is 1. The lowest BCUT2D eigenvalue weighted by Gasteiger charge is -2.35. The first-order chi connectivity index (χ1) is 22.0. The van der Waals surface area contributed by atoms with Crippen molar-refractivity contribution in [3.63, 3.8) is 0 Å². The molecule has 4 aliphatic heterocycles. The van der Waals surface area contributed by atoms with Crippen LogP contribution >= 0.6 is 0 Å². The fraction of sp³-hybridized carbons (Fsp3) is 0.417. The van der Waals surface area contributed by atoms with Gasteiger partial charge in [0.2, 0.25) is 0 Å². The zero-order valence-electron chi connectivity index (χ0n) is 25.2. The summed E-state index contributed by atoms with van der Waals surface area (Å²) in [5, 5.41) is 5.77. The Morgan fingerprint density at radius 2 is 1.87 bits per heavy atom. The predicted octanol–water partition coefficient (Wildman–Crippen LogP) is 5.23. The molecule has 0 unspecified atom stereocenters. The van der Waals surface area contributed by atoms with Gasteiger partial charge in [0.15, 0.2) is 5.82 Å². The smallest absolute Gasteiger partial charge is 0.319 e. The Bertz CT molecular complexity index is 1930. The molecular weight excluding hydrogens is 570 g/mol. The van der Waals surface area contributed by atoms with Crippen LogP contribution < -0.4 is 15.0 Å². The molecule has 2 aromatic carbocycles. The number of halogens is 2. The Hall–Kier alpha value is -4.31. The lowest BCUT2D eigenvalue weighted by molar-refractivity contribution is 0.107. The minimum atomic E-state index is -0.881. The summed E-state index contributed by atoms with van der Waals surface area (Å²) in [4.78, 5) is 18.9. The summed E-state index contributed by atoms with van der Waals surface area (Å²) in [5.74, 6) is 8.85. The molecule has 0 radical (unpaired) electrons. The molecule has 0 amide bonds. The van der Waals surface area contributed by atoms with Gasteiger partial charge >= 0.3 is 6.01 Å². The van der Waals surface area contributed by atoms with Gasteiger partial charge in [0.1, 0.15) is 35.5 Å². The number of fused-ring (bicyclic) bond motifs is 5. The number of ether oxygens (including phenoxy) is 1.